The normalized spacial score (nSPS) is 11.8. The highest BCUT2D eigenvalue weighted by Gasteiger charge is 2.22. The Morgan fingerprint density at radius 3 is 2.58 bits per heavy atom. The molecule has 2 aromatic heterocycles. The second-order valence-corrected chi connectivity index (χ2v) is 5.61. The molecule has 0 atom stereocenters. The third kappa shape index (κ3) is 2.46. The van der Waals surface area contributed by atoms with E-state index in [2.05, 4.69) is 20.4 Å². The Balaban J connectivity index is 2.46. The van der Waals surface area contributed by atoms with Crippen molar-refractivity contribution in [2.75, 3.05) is 5.32 Å². The van der Waals surface area contributed by atoms with E-state index in [0.29, 0.717) is 5.69 Å². The molecule has 0 aromatic carbocycles. The average molecular weight is 284 g/mol. The summed E-state index contributed by atoms with van der Waals surface area (Å²) in [5, 5.41) is 5.26. The lowest BCUT2D eigenvalue weighted by Crippen LogP contribution is -2.28. The van der Waals surface area contributed by atoms with E-state index in [9.17, 15) is 9.59 Å². The minimum Gasteiger partial charge on any atom is -0.294 e. The summed E-state index contributed by atoms with van der Waals surface area (Å²) in [7, 11) is 0. The number of aromatic nitrogens is 4. The van der Waals surface area contributed by atoms with Crippen LogP contribution in [-0.2, 0) is 4.79 Å². The molecule has 0 fully saturated rings. The van der Waals surface area contributed by atoms with Gasteiger partial charge in [-0.25, -0.2) is 4.98 Å². The first-order valence-corrected chi connectivity index (χ1v) is 6.04. The van der Waals surface area contributed by atoms with Gasteiger partial charge in [0.15, 0.2) is 0 Å². The van der Waals surface area contributed by atoms with Gasteiger partial charge in [-0.1, -0.05) is 32.4 Å². The Kier molecular flexibility index (Phi) is 3.09. The molecule has 2 heterocycles. The van der Waals surface area contributed by atoms with Crippen LogP contribution in [0.15, 0.2) is 4.79 Å². The number of aromatic amines is 1. The number of amides is 1. The number of nitrogens with zero attached hydrogens (tertiary/aromatic N) is 3. The Bertz CT molecular complexity index is 710. The van der Waals surface area contributed by atoms with Crippen LogP contribution in [0, 0.1) is 12.3 Å². The lowest BCUT2D eigenvalue weighted by Gasteiger charge is -2.15. The second kappa shape index (κ2) is 4.34. The first-order valence-electron chi connectivity index (χ1n) is 5.66. The van der Waals surface area contributed by atoms with Crippen molar-refractivity contribution in [2.45, 2.75) is 27.7 Å². The molecule has 0 saturated carbocycles. The fourth-order valence-electron chi connectivity index (χ4n) is 1.35. The van der Waals surface area contributed by atoms with Gasteiger partial charge >= 0.3 is 0 Å². The van der Waals surface area contributed by atoms with E-state index in [1.54, 1.807) is 27.7 Å². The van der Waals surface area contributed by atoms with Gasteiger partial charge in [-0.3, -0.25) is 20.0 Å². The number of hydrogen-bond acceptors (Lipinski definition) is 4. The van der Waals surface area contributed by atoms with Crippen molar-refractivity contribution in [3.8, 4) is 0 Å². The molecule has 0 spiro atoms. The van der Waals surface area contributed by atoms with Crippen LogP contribution >= 0.6 is 11.6 Å². The molecule has 7 nitrogen and oxygen atoms in total. The summed E-state index contributed by atoms with van der Waals surface area (Å²) in [5.41, 5.74) is -0.620. The van der Waals surface area contributed by atoms with Crippen LogP contribution in [-0.4, -0.2) is 25.5 Å². The van der Waals surface area contributed by atoms with E-state index in [1.807, 2.05) is 0 Å². The van der Waals surface area contributed by atoms with Crippen molar-refractivity contribution >= 4 is 29.2 Å². The highest BCUT2D eigenvalue weighted by Crippen LogP contribution is 2.16. The van der Waals surface area contributed by atoms with Crippen LogP contribution in [0.25, 0.3) is 5.78 Å². The highest BCUT2D eigenvalue weighted by atomic mass is 35.5. The van der Waals surface area contributed by atoms with Crippen molar-refractivity contribution in [1.29, 1.82) is 0 Å². The van der Waals surface area contributed by atoms with Gasteiger partial charge in [0.25, 0.3) is 11.3 Å². The first kappa shape index (κ1) is 13.5. The highest BCUT2D eigenvalue weighted by molar-refractivity contribution is 6.31. The standard InChI is InChI=1S/C11H14ClN5O2/c1-5-6(12)7(18)17-10(13-5)15-9(16-17)14-8(19)11(2,3)4/h1-4H3,(H2,13,14,15,16,19). The molecule has 0 unspecified atom stereocenters. The maximum absolute atomic E-state index is 11.9. The van der Waals surface area contributed by atoms with E-state index >= 15 is 0 Å². The predicted molar refractivity (Wildman–Crippen MR) is 71.4 cm³/mol. The summed E-state index contributed by atoms with van der Waals surface area (Å²) in [5.74, 6) is 0.102. The van der Waals surface area contributed by atoms with E-state index in [-0.39, 0.29) is 22.7 Å². The molecule has 0 saturated heterocycles. The van der Waals surface area contributed by atoms with Crippen LogP contribution < -0.4 is 10.9 Å². The molecule has 0 bridgehead atoms. The number of halogens is 1. The van der Waals surface area contributed by atoms with E-state index < -0.39 is 11.0 Å². The molecule has 0 aliphatic rings. The van der Waals surface area contributed by atoms with Gasteiger partial charge in [0.2, 0.25) is 11.9 Å². The Labute approximate surface area is 114 Å². The fourth-order valence-corrected chi connectivity index (χ4v) is 1.48. The van der Waals surface area contributed by atoms with Gasteiger partial charge in [0.1, 0.15) is 5.02 Å². The zero-order valence-electron chi connectivity index (χ0n) is 11.0. The minimum atomic E-state index is -0.565. The number of carbonyl (C=O) groups excluding carboxylic acids is 1. The monoisotopic (exact) mass is 283 g/mol. The second-order valence-electron chi connectivity index (χ2n) is 5.23. The van der Waals surface area contributed by atoms with Crippen molar-refractivity contribution in [2.24, 2.45) is 5.41 Å². The van der Waals surface area contributed by atoms with Crippen molar-refractivity contribution in [3.05, 3.63) is 21.1 Å². The summed E-state index contributed by atoms with van der Waals surface area (Å²) in [4.78, 5) is 31.8. The summed E-state index contributed by atoms with van der Waals surface area (Å²) >= 11 is 5.81. The van der Waals surface area contributed by atoms with Gasteiger partial charge in [-0.05, 0) is 6.92 Å². The zero-order chi connectivity index (χ0) is 14.4. The maximum Gasteiger partial charge on any atom is 0.293 e. The molecule has 102 valence electrons. The molecular weight excluding hydrogens is 270 g/mol. The van der Waals surface area contributed by atoms with Gasteiger partial charge in [-0.2, -0.15) is 9.50 Å². The largest absolute Gasteiger partial charge is 0.294 e. The van der Waals surface area contributed by atoms with Crippen LogP contribution in [0.2, 0.25) is 5.02 Å². The summed E-state index contributed by atoms with van der Waals surface area (Å²) in [6.07, 6.45) is 0. The number of carbonyl (C=O) groups is 1. The fraction of sp³-hybridized carbons (Fsp3) is 0.455. The molecule has 19 heavy (non-hydrogen) atoms. The molecule has 1 amide bonds. The number of aryl methyl sites for hydroxylation is 1. The summed E-state index contributed by atoms with van der Waals surface area (Å²) in [6, 6.07) is 0. The van der Waals surface area contributed by atoms with E-state index in [4.69, 9.17) is 11.6 Å². The average Bonchev–Trinajstić information content (AvgIpc) is 2.67. The van der Waals surface area contributed by atoms with Gasteiger partial charge in [0, 0.05) is 5.41 Å². The van der Waals surface area contributed by atoms with Crippen LogP contribution in [0.3, 0.4) is 0 Å². The number of H-pyrrole nitrogens is 1. The van der Waals surface area contributed by atoms with Crippen LogP contribution in [0.4, 0.5) is 5.95 Å². The molecule has 2 rings (SSSR count). The number of fused-ring (bicyclic) bond motifs is 1. The Morgan fingerprint density at radius 1 is 1.37 bits per heavy atom. The van der Waals surface area contributed by atoms with E-state index in [0.717, 1.165) is 4.52 Å². The van der Waals surface area contributed by atoms with Crippen LogP contribution in [0.5, 0.6) is 0 Å². The molecule has 0 radical (unpaired) electrons. The lowest BCUT2D eigenvalue weighted by molar-refractivity contribution is -0.123. The van der Waals surface area contributed by atoms with E-state index in [1.165, 1.54) is 0 Å². The van der Waals surface area contributed by atoms with Crippen molar-refractivity contribution < 1.29 is 4.79 Å². The first-order chi connectivity index (χ1) is 8.70. The number of rotatable bonds is 1. The molecular formula is C11H14ClN5O2. The number of hydrogen-bond donors (Lipinski definition) is 2. The van der Waals surface area contributed by atoms with Crippen molar-refractivity contribution in [3.63, 3.8) is 0 Å². The molecule has 0 aliphatic carbocycles. The minimum absolute atomic E-state index is 0.0230. The molecule has 2 aromatic rings. The third-order valence-corrected chi connectivity index (χ3v) is 2.95. The maximum atomic E-state index is 11.9. The number of anilines is 1. The third-order valence-electron chi connectivity index (χ3n) is 2.52. The van der Waals surface area contributed by atoms with Gasteiger partial charge in [0.05, 0.1) is 5.69 Å². The molecule has 2 N–H and O–H groups in total. The SMILES string of the molecule is Cc1nc2nc(NC(=O)C(C)(C)C)[nH]n2c(=O)c1Cl. The van der Waals surface area contributed by atoms with Crippen LogP contribution in [0.1, 0.15) is 26.5 Å². The van der Waals surface area contributed by atoms with Gasteiger partial charge in [-0.15, -0.1) is 0 Å². The molecule has 0 aliphatic heterocycles. The smallest absolute Gasteiger partial charge is 0.293 e. The Hall–Kier alpha value is -1.89. The number of nitrogens with one attached hydrogen (secondary N) is 2. The molecule has 8 heteroatoms. The predicted octanol–water partition coefficient (Wildman–Crippen LogP) is 1.36. The Morgan fingerprint density at radius 2 is 2.00 bits per heavy atom. The topological polar surface area (TPSA) is 92.2 Å². The summed E-state index contributed by atoms with van der Waals surface area (Å²) < 4.78 is 1.09. The zero-order valence-corrected chi connectivity index (χ0v) is 11.8. The summed E-state index contributed by atoms with van der Waals surface area (Å²) in [6.45, 7) is 6.94. The lowest BCUT2D eigenvalue weighted by atomic mass is 9.96. The van der Waals surface area contributed by atoms with Gasteiger partial charge < -0.3 is 0 Å². The quantitative estimate of drug-likeness (QED) is 0.826. The van der Waals surface area contributed by atoms with Crippen molar-refractivity contribution in [1.82, 2.24) is 19.6 Å².